The molecule has 1 fully saturated rings. The standard InChI is InChI=1S/C13H17NO5/c1-14-8-3-5-9(6-4-8)19-13-11(16)12(17-2)10(15)7-18-13/h3-6,10-13,15-16H,1,7H2,2H3/t10-,11?,12?,13-/m1/s1. The van der Waals surface area contributed by atoms with Crippen LogP contribution < -0.4 is 4.74 Å². The zero-order chi connectivity index (χ0) is 13.8. The number of aliphatic hydroxyl groups is 2. The summed E-state index contributed by atoms with van der Waals surface area (Å²) in [6, 6.07) is 6.88. The molecule has 104 valence electrons. The molecule has 1 aromatic carbocycles. The Morgan fingerprint density at radius 2 is 2.00 bits per heavy atom. The number of aliphatic hydroxyl groups excluding tert-OH is 2. The van der Waals surface area contributed by atoms with Crippen molar-refractivity contribution in [2.45, 2.75) is 24.6 Å². The molecule has 1 saturated heterocycles. The highest BCUT2D eigenvalue weighted by atomic mass is 16.7. The van der Waals surface area contributed by atoms with E-state index in [-0.39, 0.29) is 6.61 Å². The quantitative estimate of drug-likeness (QED) is 0.776. The van der Waals surface area contributed by atoms with Gasteiger partial charge in [0.05, 0.1) is 12.3 Å². The van der Waals surface area contributed by atoms with Gasteiger partial charge in [-0.05, 0) is 31.0 Å². The van der Waals surface area contributed by atoms with E-state index in [0.717, 1.165) is 5.69 Å². The fraction of sp³-hybridized carbons (Fsp3) is 0.462. The topological polar surface area (TPSA) is 80.5 Å². The largest absolute Gasteiger partial charge is 0.462 e. The molecule has 0 spiro atoms. The molecule has 1 aliphatic heterocycles. The Morgan fingerprint density at radius 3 is 2.58 bits per heavy atom. The third-order valence-corrected chi connectivity index (χ3v) is 2.97. The lowest BCUT2D eigenvalue weighted by atomic mass is 10.1. The van der Waals surface area contributed by atoms with Crippen LogP contribution in [0.25, 0.3) is 0 Å². The molecule has 2 N–H and O–H groups in total. The first-order chi connectivity index (χ1) is 9.15. The lowest BCUT2D eigenvalue weighted by Gasteiger charge is -2.36. The second-order valence-corrected chi connectivity index (χ2v) is 4.23. The monoisotopic (exact) mass is 267 g/mol. The number of aliphatic imine (C=N–C) groups is 1. The van der Waals surface area contributed by atoms with Gasteiger partial charge in [0, 0.05) is 7.11 Å². The minimum atomic E-state index is -1.06. The maximum absolute atomic E-state index is 10.00. The van der Waals surface area contributed by atoms with Crippen molar-refractivity contribution in [1.82, 2.24) is 0 Å². The van der Waals surface area contributed by atoms with E-state index in [1.54, 1.807) is 24.3 Å². The van der Waals surface area contributed by atoms with Gasteiger partial charge in [-0.1, -0.05) is 0 Å². The first-order valence-electron chi connectivity index (χ1n) is 5.89. The predicted octanol–water partition coefficient (Wildman–Crippen LogP) is 0.491. The Kier molecular flexibility index (Phi) is 4.49. The molecule has 0 aliphatic carbocycles. The number of ether oxygens (including phenoxy) is 3. The van der Waals surface area contributed by atoms with Gasteiger partial charge in [-0.15, -0.1) is 0 Å². The maximum Gasteiger partial charge on any atom is 0.228 e. The van der Waals surface area contributed by atoms with Gasteiger partial charge >= 0.3 is 0 Å². The third-order valence-electron chi connectivity index (χ3n) is 2.97. The maximum atomic E-state index is 10.00. The van der Waals surface area contributed by atoms with Gasteiger partial charge in [0.25, 0.3) is 0 Å². The summed E-state index contributed by atoms with van der Waals surface area (Å²) in [5.74, 6) is 0.530. The zero-order valence-corrected chi connectivity index (χ0v) is 10.6. The molecule has 2 rings (SSSR count). The van der Waals surface area contributed by atoms with Crippen molar-refractivity contribution in [3.05, 3.63) is 24.3 Å². The number of hydrogen-bond donors (Lipinski definition) is 2. The fourth-order valence-corrected chi connectivity index (χ4v) is 1.93. The average molecular weight is 267 g/mol. The number of methoxy groups -OCH3 is 1. The van der Waals surface area contributed by atoms with Crippen LogP contribution in [-0.2, 0) is 9.47 Å². The Labute approximate surface area is 111 Å². The summed E-state index contributed by atoms with van der Waals surface area (Å²) in [7, 11) is 1.42. The molecule has 6 heteroatoms. The summed E-state index contributed by atoms with van der Waals surface area (Å²) in [4.78, 5) is 3.77. The summed E-state index contributed by atoms with van der Waals surface area (Å²) in [6.07, 6.45) is -3.54. The van der Waals surface area contributed by atoms with Crippen LogP contribution in [0.15, 0.2) is 29.3 Å². The highest BCUT2D eigenvalue weighted by Gasteiger charge is 2.40. The van der Waals surface area contributed by atoms with Gasteiger partial charge < -0.3 is 24.4 Å². The summed E-state index contributed by atoms with van der Waals surface area (Å²) in [5, 5.41) is 19.6. The second-order valence-electron chi connectivity index (χ2n) is 4.23. The van der Waals surface area contributed by atoms with E-state index in [1.807, 2.05) is 0 Å². The molecular weight excluding hydrogens is 250 g/mol. The van der Waals surface area contributed by atoms with Gasteiger partial charge in [0.15, 0.2) is 0 Å². The summed E-state index contributed by atoms with van der Waals surface area (Å²) in [6.45, 7) is 3.47. The van der Waals surface area contributed by atoms with Gasteiger partial charge in [0.1, 0.15) is 24.1 Å². The van der Waals surface area contributed by atoms with Crippen LogP contribution >= 0.6 is 0 Å². The van der Waals surface area contributed by atoms with Crippen LogP contribution in [0.1, 0.15) is 0 Å². The van der Waals surface area contributed by atoms with E-state index in [2.05, 4.69) is 11.7 Å². The molecule has 1 heterocycles. The summed E-state index contributed by atoms with van der Waals surface area (Å²) >= 11 is 0. The van der Waals surface area contributed by atoms with Crippen LogP contribution in [-0.4, -0.2) is 55.2 Å². The van der Waals surface area contributed by atoms with Gasteiger partial charge in [-0.3, -0.25) is 4.99 Å². The van der Waals surface area contributed by atoms with E-state index in [9.17, 15) is 10.2 Å². The molecule has 0 radical (unpaired) electrons. The summed E-state index contributed by atoms with van der Waals surface area (Å²) < 4.78 is 15.8. The smallest absolute Gasteiger partial charge is 0.228 e. The number of benzene rings is 1. The van der Waals surface area contributed by atoms with Crippen LogP contribution in [0.3, 0.4) is 0 Å². The molecule has 0 aromatic heterocycles. The Bertz CT molecular complexity index is 422. The molecule has 1 aliphatic rings. The van der Waals surface area contributed by atoms with Crippen molar-refractivity contribution < 1.29 is 24.4 Å². The van der Waals surface area contributed by atoms with Gasteiger partial charge in [-0.25, -0.2) is 0 Å². The van der Waals surface area contributed by atoms with E-state index >= 15 is 0 Å². The molecular formula is C13H17NO5. The Hall–Kier alpha value is -1.47. The van der Waals surface area contributed by atoms with Crippen LogP contribution in [0.4, 0.5) is 5.69 Å². The SMILES string of the molecule is C=Nc1ccc(O[C@H]2OC[C@@H](O)C(OC)C2O)cc1. The normalized spacial score (nSPS) is 30.9. The molecule has 19 heavy (non-hydrogen) atoms. The molecule has 2 unspecified atom stereocenters. The highest BCUT2D eigenvalue weighted by molar-refractivity contribution is 5.47. The first kappa shape index (κ1) is 14.0. The number of rotatable bonds is 4. The zero-order valence-electron chi connectivity index (χ0n) is 10.6. The molecule has 1 aromatic rings. The van der Waals surface area contributed by atoms with Gasteiger partial charge in [0.2, 0.25) is 6.29 Å². The molecule has 0 amide bonds. The molecule has 0 bridgehead atoms. The average Bonchev–Trinajstić information content (AvgIpc) is 2.43. The number of hydrogen-bond acceptors (Lipinski definition) is 6. The third kappa shape index (κ3) is 3.10. The van der Waals surface area contributed by atoms with Gasteiger partial charge in [-0.2, -0.15) is 0 Å². The van der Waals surface area contributed by atoms with Crippen LogP contribution in [0, 0.1) is 0 Å². The van der Waals surface area contributed by atoms with E-state index in [0.29, 0.717) is 5.75 Å². The molecule has 0 saturated carbocycles. The van der Waals surface area contributed by atoms with E-state index < -0.39 is 24.6 Å². The molecule has 6 nitrogen and oxygen atoms in total. The van der Waals surface area contributed by atoms with Crippen molar-refractivity contribution in [3.63, 3.8) is 0 Å². The van der Waals surface area contributed by atoms with Crippen molar-refractivity contribution in [2.24, 2.45) is 4.99 Å². The first-order valence-corrected chi connectivity index (χ1v) is 5.89. The fourth-order valence-electron chi connectivity index (χ4n) is 1.93. The minimum Gasteiger partial charge on any atom is -0.462 e. The summed E-state index contributed by atoms with van der Waals surface area (Å²) in [5.41, 5.74) is 0.725. The highest BCUT2D eigenvalue weighted by Crippen LogP contribution is 2.23. The van der Waals surface area contributed by atoms with Crippen molar-refractivity contribution in [1.29, 1.82) is 0 Å². The van der Waals surface area contributed by atoms with Crippen molar-refractivity contribution in [3.8, 4) is 5.75 Å². The second kappa shape index (κ2) is 6.12. The van der Waals surface area contributed by atoms with Crippen LogP contribution in [0.5, 0.6) is 5.75 Å². The van der Waals surface area contributed by atoms with E-state index in [1.165, 1.54) is 7.11 Å². The number of nitrogens with zero attached hydrogens (tertiary/aromatic N) is 1. The van der Waals surface area contributed by atoms with E-state index in [4.69, 9.17) is 14.2 Å². The Balaban J connectivity index is 2.03. The van der Waals surface area contributed by atoms with Crippen molar-refractivity contribution >= 4 is 12.4 Å². The van der Waals surface area contributed by atoms with Crippen molar-refractivity contribution in [2.75, 3.05) is 13.7 Å². The lowest BCUT2D eigenvalue weighted by Crippen LogP contribution is -2.55. The minimum absolute atomic E-state index is 0.0481. The lowest BCUT2D eigenvalue weighted by molar-refractivity contribution is -0.247. The molecule has 4 atom stereocenters. The van der Waals surface area contributed by atoms with Crippen LogP contribution in [0.2, 0.25) is 0 Å². The predicted molar refractivity (Wildman–Crippen MR) is 68.8 cm³/mol. The Morgan fingerprint density at radius 1 is 1.32 bits per heavy atom.